The Balaban J connectivity index is 3.04. The van der Waals surface area contributed by atoms with E-state index in [1.165, 1.54) is 0 Å². The van der Waals surface area contributed by atoms with Crippen molar-refractivity contribution >= 4 is 17.4 Å². The second kappa shape index (κ2) is 10.5. The molecule has 26 heavy (non-hydrogen) atoms. The van der Waals surface area contributed by atoms with E-state index in [4.69, 9.17) is 5.73 Å². The molecule has 0 bridgehead atoms. The van der Waals surface area contributed by atoms with Gasteiger partial charge in [-0.15, -0.1) is 0 Å². The van der Waals surface area contributed by atoms with E-state index in [1.54, 1.807) is 49.5 Å². The smallest absolute Gasteiger partial charge is 0.256 e. The molecular weight excluding hydrogens is 322 g/mol. The van der Waals surface area contributed by atoms with Crippen LogP contribution >= 0.6 is 0 Å². The molecule has 0 fully saturated rings. The Morgan fingerprint density at radius 1 is 1.12 bits per heavy atom. The summed E-state index contributed by atoms with van der Waals surface area (Å²) in [6, 6.07) is 6.88. The van der Waals surface area contributed by atoms with Gasteiger partial charge in [0.25, 0.3) is 5.91 Å². The van der Waals surface area contributed by atoms with Gasteiger partial charge >= 0.3 is 0 Å². The highest BCUT2D eigenvalue weighted by molar-refractivity contribution is 6.10. The van der Waals surface area contributed by atoms with Crippen molar-refractivity contribution in [1.29, 1.82) is 0 Å². The van der Waals surface area contributed by atoms with Gasteiger partial charge < -0.3 is 11.1 Å². The molecule has 0 saturated heterocycles. The third kappa shape index (κ3) is 5.91. The van der Waals surface area contributed by atoms with Crippen molar-refractivity contribution < 1.29 is 4.79 Å². The highest BCUT2D eigenvalue weighted by Gasteiger charge is 2.08. The van der Waals surface area contributed by atoms with Crippen LogP contribution in [0.25, 0.3) is 5.70 Å². The molecule has 1 aromatic carbocycles. The zero-order valence-corrected chi connectivity index (χ0v) is 15.3. The van der Waals surface area contributed by atoms with E-state index in [1.807, 2.05) is 25.2 Å². The van der Waals surface area contributed by atoms with E-state index in [0.29, 0.717) is 17.1 Å². The maximum absolute atomic E-state index is 12.4. The summed E-state index contributed by atoms with van der Waals surface area (Å²) in [6.45, 7) is 13.2. The third-order valence-electron chi connectivity index (χ3n) is 3.53. The molecule has 4 nitrogen and oxygen atoms in total. The van der Waals surface area contributed by atoms with Crippen LogP contribution < -0.4 is 11.1 Å². The second-order valence-corrected chi connectivity index (χ2v) is 5.32. The number of rotatable bonds is 7. The van der Waals surface area contributed by atoms with Gasteiger partial charge in [0, 0.05) is 18.3 Å². The Kier molecular flexibility index (Phi) is 8.31. The van der Waals surface area contributed by atoms with Crippen molar-refractivity contribution in [3.05, 3.63) is 103 Å². The van der Waals surface area contributed by atoms with Crippen LogP contribution in [0.2, 0.25) is 0 Å². The summed E-state index contributed by atoms with van der Waals surface area (Å²) in [6.07, 6.45) is 10.9. The zero-order valence-electron chi connectivity index (χ0n) is 15.3. The fourth-order valence-electron chi connectivity index (χ4n) is 2.07. The SMILES string of the molecule is C=CC(=C\C=C/C)/C(C=C)=C/C(=NC)NC(=O)c1ccc(C(=C)N)cc1. The fraction of sp³-hybridized carbons (Fsp3) is 0.0909. The first-order chi connectivity index (χ1) is 12.5. The number of carbonyl (C=O) groups is 1. The van der Waals surface area contributed by atoms with Crippen molar-refractivity contribution in [2.75, 3.05) is 7.05 Å². The summed E-state index contributed by atoms with van der Waals surface area (Å²) in [5, 5.41) is 2.79. The number of benzene rings is 1. The maximum Gasteiger partial charge on any atom is 0.256 e. The Bertz CT molecular complexity index is 806. The number of carbonyl (C=O) groups excluding carboxylic acids is 1. The molecule has 0 aliphatic heterocycles. The lowest BCUT2D eigenvalue weighted by Crippen LogP contribution is -2.29. The molecule has 0 spiro atoms. The molecule has 0 atom stereocenters. The number of amidine groups is 1. The van der Waals surface area contributed by atoms with Crippen molar-refractivity contribution in [3.63, 3.8) is 0 Å². The molecule has 0 aliphatic carbocycles. The minimum Gasteiger partial charge on any atom is -0.399 e. The van der Waals surface area contributed by atoms with E-state index >= 15 is 0 Å². The van der Waals surface area contributed by atoms with Crippen molar-refractivity contribution in [2.45, 2.75) is 6.92 Å². The standard InChI is InChI=1S/C22H25N3O/c1-6-9-10-17(7-2)18(8-3)15-21(24-5)25-22(26)20-13-11-19(12-14-20)16(4)23/h6-15H,2-4,23H2,1,5H3,(H,24,25,26)/b9-6-,17-10+,18-15+. The van der Waals surface area contributed by atoms with Gasteiger partial charge in [-0.25, -0.2) is 0 Å². The summed E-state index contributed by atoms with van der Waals surface area (Å²) in [4.78, 5) is 16.6. The molecule has 1 rings (SSSR count). The van der Waals surface area contributed by atoms with Crippen molar-refractivity contribution in [2.24, 2.45) is 10.7 Å². The van der Waals surface area contributed by atoms with Gasteiger partial charge in [0.1, 0.15) is 5.84 Å². The van der Waals surface area contributed by atoms with Crippen LogP contribution in [0, 0.1) is 0 Å². The van der Waals surface area contributed by atoms with Gasteiger partial charge in [-0.1, -0.05) is 62.2 Å². The van der Waals surface area contributed by atoms with Crippen LogP contribution in [0.1, 0.15) is 22.8 Å². The maximum atomic E-state index is 12.4. The fourth-order valence-corrected chi connectivity index (χ4v) is 2.07. The van der Waals surface area contributed by atoms with E-state index in [2.05, 4.69) is 30.0 Å². The Hall–Kier alpha value is -3.40. The lowest BCUT2D eigenvalue weighted by atomic mass is 10.0. The molecule has 4 heteroatoms. The summed E-state index contributed by atoms with van der Waals surface area (Å²) < 4.78 is 0. The zero-order chi connectivity index (χ0) is 19.5. The number of hydrogen-bond acceptors (Lipinski definition) is 3. The first-order valence-corrected chi connectivity index (χ1v) is 8.09. The van der Waals surface area contributed by atoms with Crippen LogP contribution in [-0.4, -0.2) is 18.8 Å². The van der Waals surface area contributed by atoms with Crippen LogP contribution in [0.15, 0.2) is 96.6 Å². The Morgan fingerprint density at radius 2 is 1.69 bits per heavy atom. The van der Waals surface area contributed by atoms with Gasteiger partial charge in [-0.3, -0.25) is 9.79 Å². The molecule has 0 unspecified atom stereocenters. The van der Waals surface area contributed by atoms with Crippen molar-refractivity contribution in [1.82, 2.24) is 5.32 Å². The van der Waals surface area contributed by atoms with Gasteiger partial charge in [0.2, 0.25) is 0 Å². The largest absolute Gasteiger partial charge is 0.399 e. The molecule has 0 saturated carbocycles. The summed E-state index contributed by atoms with van der Waals surface area (Å²) in [5.41, 5.74) is 9.05. The van der Waals surface area contributed by atoms with Gasteiger partial charge in [-0.05, 0) is 41.8 Å². The molecule has 0 aromatic heterocycles. The number of allylic oxidation sites excluding steroid dienone is 7. The van der Waals surface area contributed by atoms with Crippen LogP contribution in [0.3, 0.4) is 0 Å². The average molecular weight is 347 g/mol. The van der Waals surface area contributed by atoms with E-state index in [0.717, 1.165) is 16.7 Å². The molecule has 1 aromatic rings. The minimum absolute atomic E-state index is 0.267. The Labute approximate surface area is 155 Å². The second-order valence-electron chi connectivity index (χ2n) is 5.32. The predicted octanol–water partition coefficient (Wildman–Crippen LogP) is 4.18. The summed E-state index contributed by atoms with van der Waals surface area (Å²) in [7, 11) is 1.61. The molecular formula is C22H25N3O. The molecule has 0 radical (unpaired) electrons. The number of hydrogen-bond donors (Lipinski definition) is 2. The highest BCUT2D eigenvalue weighted by atomic mass is 16.1. The number of aliphatic imine (C=N–C) groups is 1. The lowest BCUT2D eigenvalue weighted by Gasteiger charge is -2.08. The van der Waals surface area contributed by atoms with Crippen LogP contribution in [0.5, 0.6) is 0 Å². The first kappa shape index (κ1) is 20.6. The quantitative estimate of drug-likeness (QED) is 0.441. The molecule has 0 aliphatic rings. The van der Waals surface area contributed by atoms with E-state index in [9.17, 15) is 4.79 Å². The number of nitrogens with zero attached hydrogens (tertiary/aromatic N) is 1. The third-order valence-corrected chi connectivity index (χ3v) is 3.53. The van der Waals surface area contributed by atoms with Gasteiger partial charge in [-0.2, -0.15) is 0 Å². The molecule has 134 valence electrons. The molecule has 1 amide bonds. The first-order valence-electron chi connectivity index (χ1n) is 8.09. The van der Waals surface area contributed by atoms with Crippen LogP contribution in [-0.2, 0) is 0 Å². The molecule has 0 heterocycles. The van der Waals surface area contributed by atoms with E-state index in [-0.39, 0.29) is 5.91 Å². The number of nitrogens with two attached hydrogens (primary N) is 1. The van der Waals surface area contributed by atoms with E-state index < -0.39 is 0 Å². The Morgan fingerprint density at radius 3 is 2.15 bits per heavy atom. The predicted molar refractivity (Wildman–Crippen MR) is 112 cm³/mol. The topological polar surface area (TPSA) is 67.5 Å². The van der Waals surface area contributed by atoms with Crippen LogP contribution in [0.4, 0.5) is 0 Å². The number of amides is 1. The minimum atomic E-state index is -0.267. The lowest BCUT2D eigenvalue weighted by molar-refractivity contribution is 0.0977. The van der Waals surface area contributed by atoms with Gasteiger partial charge in [0.05, 0.1) is 0 Å². The van der Waals surface area contributed by atoms with Gasteiger partial charge in [0.15, 0.2) is 0 Å². The monoisotopic (exact) mass is 347 g/mol. The highest BCUT2D eigenvalue weighted by Crippen LogP contribution is 2.13. The summed E-state index contributed by atoms with van der Waals surface area (Å²) in [5.74, 6) is 0.155. The average Bonchev–Trinajstić information content (AvgIpc) is 2.66. The number of nitrogens with one attached hydrogen (secondary N) is 1. The normalized spacial score (nSPS) is 12.8. The van der Waals surface area contributed by atoms with Crippen molar-refractivity contribution in [3.8, 4) is 0 Å². The summed E-state index contributed by atoms with van der Waals surface area (Å²) >= 11 is 0. The molecule has 3 N–H and O–H groups in total.